The molecule has 0 unspecified atom stereocenters. The third kappa shape index (κ3) is 12.2. The van der Waals surface area contributed by atoms with Crippen molar-refractivity contribution in [1.29, 1.82) is 0 Å². The van der Waals surface area contributed by atoms with E-state index in [1.54, 1.807) is 7.05 Å². The molecule has 12 heavy (non-hydrogen) atoms. The van der Waals surface area contributed by atoms with Gasteiger partial charge in [0.25, 0.3) is 0 Å². The van der Waals surface area contributed by atoms with Crippen LogP contribution in [0.4, 0.5) is 0 Å². The van der Waals surface area contributed by atoms with Gasteiger partial charge >= 0.3 is 0 Å². The average molecular weight is 173 g/mol. The molecule has 0 fully saturated rings. The molecule has 0 aromatic carbocycles. The smallest absolute Gasteiger partial charge is 0.220 e. The van der Waals surface area contributed by atoms with Crippen LogP contribution in [0.1, 0.15) is 47.0 Å². The summed E-state index contributed by atoms with van der Waals surface area (Å²) in [5.74, 6) is 0.661. The highest BCUT2D eigenvalue weighted by molar-refractivity contribution is 5.75. The molecule has 0 saturated heterocycles. The number of nitrogens with one attached hydrogen (secondary N) is 1. The van der Waals surface area contributed by atoms with Gasteiger partial charge in [-0.1, -0.05) is 40.5 Å². The molecule has 0 bridgehead atoms. The highest BCUT2D eigenvalue weighted by Gasteiger charge is 2.03. The first kappa shape index (κ1) is 14.0. The van der Waals surface area contributed by atoms with Crippen LogP contribution in [0.25, 0.3) is 0 Å². The SMILES string of the molecule is CCC.CC[C@H](C)CC(=O)NC. The Morgan fingerprint density at radius 2 is 1.75 bits per heavy atom. The highest BCUT2D eigenvalue weighted by Crippen LogP contribution is 2.04. The minimum absolute atomic E-state index is 0.143. The van der Waals surface area contributed by atoms with Gasteiger partial charge in [0.2, 0.25) is 5.91 Å². The van der Waals surface area contributed by atoms with Crippen LogP contribution in [0.3, 0.4) is 0 Å². The van der Waals surface area contributed by atoms with Gasteiger partial charge in [0.1, 0.15) is 0 Å². The summed E-state index contributed by atoms with van der Waals surface area (Å²) in [4.78, 5) is 10.7. The molecular weight excluding hydrogens is 150 g/mol. The van der Waals surface area contributed by atoms with E-state index in [-0.39, 0.29) is 5.91 Å². The Bertz CT molecular complexity index is 102. The van der Waals surface area contributed by atoms with Gasteiger partial charge in [0.15, 0.2) is 0 Å². The molecule has 0 aliphatic carbocycles. The zero-order chi connectivity index (χ0) is 9.98. The maximum atomic E-state index is 10.7. The van der Waals surface area contributed by atoms with Gasteiger partial charge in [-0.15, -0.1) is 0 Å². The maximum Gasteiger partial charge on any atom is 0.220 e. The van der Waals surface area contributed by atoms with Crippen molar-refractivity contribution in [2.24, 2.45) is 5.92 Å². The fraction of sp³-hybridized carbons (Fsp3) is 0.900. The summed E-state index contributed by atoms with van der Waals surface area (Å²) in [6.07, 6.45) is 2.99. The summed E-state index contributed by atoms with van der Waals surface area (Å²) in [6.45, 7) is 8.42. The molecule has 2 nitrogen and oxygen atoms in total. The van der Waals surface area contributed by atoms with E-state index in [9.17, 15) is 4.79 Å². The molecule has 2 heteroatoms. The number of carbonyl (C=O) groups is 1. The Morgan fingerprint density at radius 1 is 1.33 bits per heavy atom. The van der Waals surface area contributed by atoms with E-state index in [0.29, 0.717) is 12.3 Å². The summed E-state index contributed by atoms with van der Waals surface area (Å²) in [5, 5.41) is 2.59. The summed E-state index contributed by atoms with van der Waals surface area (Å²) in [6, 6.07) is 0. The van der Waals surface area contributed by atoms with Crippen LogP contribution in [0.5, 0.6) is 0 Å². The Kier molecular flexibility index (Phi) is 12.2. The predicted octanol–water partition coefficient (Wildman–Crippen LogP) is 2.58. The molecular formula is C10H23NO. The Labute approximate surface area is 76.7 Å². The number of carbonyl (C=O) groups excluding carboxylic acids is 1. The third-order valence-corrected chi connectivity index (χ3v) is 1.51. The monoisotopic (exact) mass is 173 g/mol. The van der Waals surface area contributed by atoms with E-state index in [1.807, 2.05) is 0 Å². The van der Waals surface area contributed by atoms with E-state index in [1.165, 1.54) is 6.42 Å². The van der Waals surface area contributed by atoms with Gasteiger partial charge < -0.3 is 5.32 Å². The van der Waals surface area contributed by atoms with Crippen LogP contribution in [0.15, 0.2) is 0 Å². The molecule has 0 radical (unpaired) electrons. The van der Waals surface area contributed by atoms with Gasteiger partial charge in [-0.3, -0.25) is 4.79 Å². The minimum atomic E-state index is 0.143. The first-order valence-corrected chi connectivity index (χ1v) is 4.82. The summed E-state index contributed by atoms with van der Waals surface area (Å²) >= 11 is 0. The predicted molar refractivity (Wildman–Crippen MR) is 54.1 cm³/mol. The number of hydrogen-bond acceptors (Lipinski definition) is 1. The number of hydrogen-bond donors (Lipinski definition) is 1. The van der Waals surface area contributed by atoms with Crippen molar-refractivity contribution < 1.29 is 4.79 Å². The number of amides is 1. The molecule has 74 valence electrons. The first-order chi connectivity index (χ1) is 5.62. The molecule has 1 N–H and O–H groups in total. The lowest BCUT2D eigenvalue weighted by molar-refractivity contribution is -0.121. The van der Waals surface area contributed by atoms with Crippen molar-refractivity contribution in [3.8, 4) is 0 Å². The fourth-order valence-electron chi connectivity index (χ4n) is 0.563. The van der Waals surface area contributed by atoms with Crippen molar-refractivity contribution >= 4 is 5.91 Å². The second-order valence-corrected chi connectivity index (χ2v) is 3.10. The Hall–Kier alpha value is -0.530. The van der Waals surface area contributed by atoms with E-state index < -0.39 is 0 Å². The van der Waals surface area contributed by atoms with Crippen molar-refractivity contribution in [1.82, 2.24) is 5.32 Å². The molecule has 0 spiro atoms. The van der Waals surface area contributed by atoms with Crippen molar-refractivity contribution in [3.63, 3.8) is 0 Å². The molecule has 0 aliphatic rings. The van der Waals surface area contributed by atoms with Crippen molar-refractivity contribution in [2.75, 3.05) is 7.05 Å². The average Bonchev–Trinajstić information content (AvgIpc) is 2.05. The zero-order valence-electron chi connectivity index (χ0n) is 9.11. The second kappa shape index (κ2) is 10.5. The second-order valence-electron chi connectivity index (χ2n) is 3.10. The van der Waals surface area contributed by atoms with E-state index in [4.69, 9.17) is 0 Å². The molecule has 0 aromatic heterocycles. The third-order valence-electron chi connectivity index (χ3n) is 1.51. The van der Waals surface area contributed by atoms with Crippen molar-refractivity contribution in [3.05, 3.63) is 0 Å². The van der Waals surface area contributed by atoms with Gasteiger partial charge in [-0.25, -0.2) is 0 Å². The Balaban J connectivity index is 0. The van der Waals surface area contributed by atoms with Crippen LogP contribution in [0, 0.1) is 5.92 Å². The standard InChI is InChI=1S/C7H15NO.C3H8/c1-4-6(2)5-7(9)8-3;1-3-2/h6H,4-5H2,1-3H3,(H,8,9);3H2,1-2H3/t6-;/m0./s1. The van der Waals surface area contributed by atoms with Crippen LogP contribution >= 0.6 is 0 Å². The molecule has 0 saturated carbocycles. The highest BCUT2D eigenvalue weighted by atomic mass is 16.1. The van der Waals surface area contributed by atoms with Gasteiger partial charge in [0, 0.05) is 13.5 Å². The van der Waals surface area contributed by atoms with Crippen LogP contribution in [-0.2, 0) is 4.79 Å². The molecule has 0 heterocycles. The minimum Gasteiger partial charge on any atom is -0.359 e. The normalized spacial score (nSPS) is 11.1. The van der Waals surface area contributed by atoms with E-state index in [0.717, 1.165) is 6.42 Å². The summed E-state index contributed by atoms with van der Waals surface area (Å²) in [5.41, 5.74) is 0. The lowest BCUT2D eigenvalue weighted by atomic mass is 10.1. The lowest BCUT2D eigenvalue weighted by Crippen LogP contribution is -2.19. The van der Waals surface area contributed by atoms with Crippen LogP contribution in [-0.4, -0.2) is 13.0 Å². The van der Waals surface area contributed by atoms with E-state index >= 15 is 0 Å². The van der Waals surface area contributed by atoms with Gasteiger partial charge in [-0.05, 0) is 5.92 Å². The molecule has 0 rings (SSSR count). The zero-order valence-corrected chi connectivity index (χ0v) is 9.11. The van der Waals surface area contributed by atoms with Gasteiger partial charge in [0.05, 0.1) is 0 Å². The van der Waals surface area contributed by atoms with Crippen LogP contribution in [0.2, 0.25) is 0 Å². The van der Waals surface area contributed by atoms with Crippen molar-refractivity contribution in [2.45, 2.75) is 47.0 Å². The summed E-state index contributed by atoms with van der Waals surface area (Å²) < 4.78 is 0. The summed E-state index contributed by atoms with van der Waals surface area (Å²) in [7, 11) is 1.67. The Morgan fingerprint density at radius 3 is 2.00 bits per heavy atom. The first-order valence-electron chi connectivity index (χ1n) is 4.82. The molecule has 0 aliphatic heterocycles. The molecule has 0 aromatic rings. The van der Waals surface area contributed by atoms with Crippen LogP contribution < -0.4 is 5.32 Å². The fourth-order valence-corrected chi connectivity index (χ4v) is 0.563. The van der Waals surface area contributed by atoms with Gasteiger partial charge in [-0.2, -0.15) is 0 Å². The molecule has 1 amide bonds. The van der Waals surface area contributed by atoms with E-state index in [2.05, 4.69) is 33.0 Å². The quantitative estimate of drug-likeness (QED) is 0.698. The lowest BCUT2D eigenvalue weighted by Gasteiger charge is -2.04. The maximum absolute atomic E-state index is 10.7. The number of rotatable bonds is 3. The topological polar surface area (TPSA) is 29.1 Å². The molecule has 1 atom stereocenters. The largest absolute Gasteiger partial charge is 0.359 e.